The molecular weight excluding hydrogens is 483 g/mol. The number of hydrogen-bond acceptors (Lipinski definition) is 4. The zero-order valence-electron chi connectivity index (χ0n) is 21.5. The van der Waals surface area contributed by atoms with E-state index in [4.69, 9.17) is 4.98 Å². The molecule has 0 unspecified atom stereocenters. The molecular formula is C27H32F3N5O2. The summed E-state index contributed by atoms with van der Waals surface area (Å²) in [5, 5.41) is 2.87. The number of alkyl halides is 3. The average Bonchev–Trinajstić information content (AvgIpc) is 3.46. The molecule has 1 fully saturated rings. The van der Waals surface area contributed by atoms with Gasteiger partial charge in [-0.05, 0) is 48.7 Å². The lowest BCUT2D eigenvalue weighted by Gasteiger charge is -2.26. The minimum absolute atomic E-state index is 0.0432. The summed E-state index contributed by atoms with van der Waals surface area (Å²) in [6.07, 6.45) is -3.01. The van der Waals surface area contributed by atoms with Crippen LogP contribution < -0.4 is 10.2 Å². The molecule has 2 aromatic carbocycles. The van der Waals surface area contributed by atoms with Gasteiger partial charge >= 0.3 is 6.18 Å². The summed E-state index contributed by atoms with van der Waals surface area (Å²) in [6, 6.07) is 10.5. The normalized spacial score (nSPS) is 16.0. The molecule has 2 heterocycles. The molecule has 0 bridgehead atoms. The van der Waals surface area contributed by atoms with Crippen molar-refractivity contribution in [3.05, 3.63) is 53.6 Å². The van der Waals surface area contributed by atoms with Gasteiger partial charge < -0.3 is 19.7 Å². The Balaban J connectivity index is 1.39. The molecule has 0 spiro atoms. The van der Waals surface area contributed by atoms with Gasteiger partial charge in [-0.2, -0.15) is 13.2 Å². The van der Waals surface area contributed by atoms with Gasteiger partial charge in [0.2, 0.25) is 17.8 Å². The van der Waals surface area contributed by atoms with E-state index in [1.165, 1.54) is 12.1 Å². The number of carbonyl (C=O) groups excluding carboxylic acids is 2. The summed E-state index contributed by atoms with van der Waals surface area (Å²) in [6.45, 7) is 5.31. The van der Waals surface area contributed by atoms with Crippen LogP contribution >= 0.6 is 0 Å². The molecule has 1 aliphatic rings. The number of nitrogens with zero attached hydrogens (tertiary/aromatic N) is 4. The maximum Gasteiger partial charge on any atom is 0.416 e. The second kappa shape index (κ2) is 10.4. The van der Waals surface area contributed by atoms with Gasteiger partial charge in [0.15, 0.2) is 0 Å². The predicted molar refractivity (Wildman–Crippen MR) is 137 cm³/mol. The molecule has 1 atom stereocenters. The number of rotatable bonds is 7. The Morgan fingerprint density at radius 3 is 2.51 bits per heavy atom. The Morgan fingerprint density at radius 1 is 1.16 bits per heavy atom. The molecule has 0 aliphatic carbocycles. The van der Waals surface area contributed by atoms with Crippen molar-refractivity contribution in [3.8, 4) is 0 Å². The number of anilines is 2. The second-order valence-electron chi connectivity index (χ2n) is 9.91. The molecule has 3 aromatic rings. The Hall–Kier alpha value is -3.56. The molecule has 10 heteroatoms. The number of amides is 2. The van der Waals surface area contributed by atoms with E-state index in [9.17, 15) is 22.8 Å². The van der Waals surface area contributed by atoms with Gasteiger partial charge in [0.25, 0.3) is 0 Å². The third-order valence-electron chi connectivity index (χ3n) is 6.90. The first-order valence-electron chi connectivity index (χ1n) is 12.4. The molecule has 4 rings (SSSR count). The summed E-state index contributed by atoms with van der Waals surface area (Å²) in [7, 11) is 3.79. The van der Waals surface area contributed by atoms with Crippen molar-refractivity contribution in [2.24, 2.45) is 13.0 Å². The summed E-state index contributed by atoms with van der Waals surface area (Å²) < 4.78 is 40.2. The maximum absolute atomic E-state index is 12.7. The van der Waals surface area contributed by atoms with Crippen molar-refractivity contribution in [1.82, 2.24) is 14.5 Å². The van der Waals surface area contributed by atoms with Crippen molar-refractivity contribution in [2.75, 3.05) is 30.4 Å². The van der Waals surface area contributed by atoms with Gasteiger partial charge in [-0.25, -0.2) is 4.98 Å². The number of nitrogens with one attached hydrogen (secondary N) is 1. The number of imidazole rings is 1. The first kappa shape index (κ1) is 26.5. The number of aryl methyl sites for hydroxylation is 2. The van der Waals surface area contributed by atoms with Crippen molar-refractivity contribution < 1.29 is 22.8 Å². The molecule has 0 radical (unpaired) electrons. The molecule has 198 valence electrons. The van der Waals surface area contributed by atoms with E-state index < -0.39 is 11.7 Å². The van der Waals surface area contributed by atoms with E-state index in [0.29, 0.717) is 24.2 Å². The summed E-state index contributed by atoms with van der Waals surface area (Å²) in [5.74, 6) is 0.685. The highest BCUT2D eigenvalue weighted by Gasteiger charge is 2.32. The van der Waals surface area contributed by atoms with Crippen LogP contribution in [0.2, 0.25) is 0 Å². The van der Waals surface area contributed by atoms with E-state index in [1.54, 1.807) is 6.07 Å². The molecule has 0 saturated carbocycles. The number of benzene rings is 2. The standard InChI is InChI=1S/C27H32F3N5O2/c1-17(2)25(37)33(3)21-13-14-35(16-21)26-32-22-11-10-20(15-23(22)34(26)4)31-24(36)12-7-18-5-8-19(9-6-18)27(28,29)30/h5-6,8-11,15,17,21H,7,12-14,16H2,1-4H3,(H,31,36)/t21-/m1/s1. The van der Waals surface area contributed by atoms with Crippen molar-refractivity contribution in [1.29, 1.82) is 0 Å². The number of halogens is 3. The molecule has 1 aliphatic heterocycles. The Labute approximate surface area is 214 Å². The highest BCUT2D eigenvalue weighted by atomic mass is 19.4. The van der Waals surface area contributed by atoms with Crippen LogP contribution in [0.3, 0.4) is 0 Å². The second-order valence-corrected chi connectivity index (χ2v) is 9.91. The molecule has 1 N–H and O–H groups in total. The molecule has 1 saturated heterocycles. The lowest BCUT2D eigenvalue weighted by Crippen LogP contribution is -2.41. The Morgan fingerprint density at radius 2 is 1.86 bits per heavy atom. The van der Waals surface area contributed by atoms with Gasteiger partial charge in [-0.15, -0.1) is 0 Å². The van der Waals surface area contributed by atoms with Gasteiger partial charge in [0.1, 0.15) is 0 Å². The van der Waals surface area contributed by atoms with Crippen molar-refractivity contribution >= 4 is 34.5 Å². The maximum atomic E-state index is 12.7. The van der Waals surface area contributed by atoms with Gasteiger partial charge in [0.05, 0.1) is 22.6 Å². The monoisotopic (exact) mass is 515 g/mol. The minimum Gasteiger partial charge on any atom is -0.341 e. The average molecular weight is 516 g/mol. The van der Waals surface area contributed by atoms with E-state index in [-0.39, 0.29) is 30.2 Å². The van der Waals surface area contributed by atoms with Crippen LogP contribution in [0.25, 0.3) is 11.0 Å². The van der Waals surface area contributed by atoms with Gasteiger partial charge in [0, 0.05) is 45.2 Å². The van der Waals surface area contributed by atoms with Crippen LogP contribution in [0.5, 0.6) is 0 Å². The van der Waals surface area contributed by atoms with E-state index in [2.05, 4.69) is 10.2 Å². The van der Waals surface area contributed by atoms with Gasteiger partial charge in [-0.3, -0.25) is 9.59 Å². The number of fused-ring (bicyclic) bond motifs is 1. The first-order valence-corrected chi connectivity index (χ1v) is 12.4. The fourth-order valence-electron chi connectivity index (χ4n) is 4.71. The molecule has 7 nitrogen and oxygen atoms in total. The van der Waals surface area contributed by atoms with E-state index in [0.717, 1.165) is 42.1 Å². The summed E-state index contributed by atoms with van der Waals surface area (Å²) in [4.78, 5) is 33.7. The lowest BCUT2D eigenvalue weighted by atomic mass is 10.1. The summed E-state index contributed by atoms with van der Waals surface area (Å²) in [5.41, 5.74) is 2.26. The fourth-order valence-corrected chi connectivity index (χ4v) is 4.71. The largest absolute Gasteiger partial charge is 0.416 e. The minimum atomic E-state index is -4.38. The van der Waals surface area contributed by atoms with Crippen LogP contribution in [0.1, 0.15) is 37.8 Å². The van der Waals surface area contributed by atoms with Gasteiger partial charge in [-0.1, -0.05) is 26.0 Å². The van der Waals surface area contributed by atoms with Crippen LogP contribution in [0.15, 0.2) is 42.5 Å². The van der Waals surface area contributed by atoms with Crippen LogP contribution in [0, 0.1) is 5.92 Å². The van der Waals surface area contributed by atoms with E-state index in [1.807, 2.05) is 49.5 Å². The quantitative estimate of drug-likeness (QED) is 0.488. The first-order chi connectivity index (χ1) is 17.4. The molecule has 37 heavy (non-hydrogen) atoms. The van der Waals surface area contributed by atoms with Crippen LogP contribution in [-0.4, -0.2) is 52.4 Å². The van der Waals surface area contributed by atoms with Crippen LogP contribution in [0.4, 0.5) is 24.8 Å². The highest BCUT2D eigenvalue weighted by molar-refractivity contribution is 5.93. The zero-order valence-corrected chi connectivity index (χ0v) is 21.5. The molecule has 2 amide bonds. The number of carbonyl (C=O) groups is 2. The topological polar surface area (TPSA) is 70.5 Å². The van der Waals surface area contributed by atoms with Crippen molar-refractivity contribution in [3.63, 3.8) is 0 Å². The lowest BCUT2D eigenvalue weighted by molar-refractivity contribution is -0.137. The third kappa shape index (κ3) is 5.89. The Bertz CT molecular complexity index is 1280. The highest BCUT2D eigenvalue weighted by Crippen LogP contribution is 2.30. The summed E-state index contributed by atoms with van der Waals surface area (Å²) >= 11 is 0. The number of likely N-dealkylation sites (N-methyl/N-ethyl adjacent to an activating group) is 1. The predicted octanol–water partition coefficient (Wildman–Crippen LogP) is 4.86. The smallest absolute Gasteiger partial charge is 0.341 e. The van der Waals surface area contributed by atoms with Crippen LogP contribution in [-0.2, 0) is 29.2 Å². The van der Waals surface area contributed by atoms with E-state index >= 15 is 0 Å². The number of hydrogen-bond donors (Lipinski definition) is 1. The zero-order chi connectivity index (χ0) is 26.9. The number of aromatic nitrogens is 2. The fraction of sp³-hybridized carbons (Fsp3) is 0.444. The molecule has 1 aromatic heterocycles. The Kier molecular flexibility index (Phi) is 7.47. The van der Waals surface area contributed by atoms with Crippen molar-refractivity contribution in [2.45, 2.75) is 45.3 Å². The SMILES string of the molecule is CC(C)C(=O)N(C)[C@@H]1CCN(c2nc3ccc(NC(=O)CCc4ccc(C(F)(F)F)cc4)cc3n2C)C1. The third-order valence-corrected chi connectivity index (χ3v) is 6.90.